The standard InChI is InChI=1S/C79H149O24P/c1-5-8-11-14-17-19-21-23-25-27-29-31-33-35-37-44-49-54-65(83)98-60(56-95-63(81)52-47-43-39-38-41-46-51-59(4)50-45-40-16-13-10-7-3)57-97-104(93,94)103-77-75(101-78-73(91)68(86)66(84)61(55-80)99-78)71(89)70(88)72(90)76(77)102-79-74(92)69(87)67(85)62(100-79)58-96-64(82)53-48-42-36-34-32-30-28-26-24-22-20-18-15-12-9-6-2/h59-62,66-80,84-92H,5-58H2,1-4H3,(H,93,94). The fraction of sp³-hybridized carbons (Fsp3) is 0.962. The van der Waals surface area contributed by atoms with E-state index in [2.05, 4.69) is 27.7 Å². The zero-order valence-electron chi connectivity index (χ0n) is 64.7. The Morgan fingerprint density at radius 3 is 1.04 bits per heavy atom. The van der Waals surface area contributed by atoms with Gasteiger partial charge in [0.2, 0.25) is 0 Å². The number of phosphoric ester groups is 1. The first kappa shape index (κ1) is 96.2. The molecular formula is C79H149O24P. The summed E-state index contributed by atoms with van der Waals surface area (Å²) in [6, 6.07) is 0. The van der Waals surface area contributed by atoms with Crippen molar-refractivity contribution in [2.24, 2.45) is 5.92 Å². The maximum atomic E-state index is 14.4. The van der Waals surface area contributed by atoms with Gasteiger partial charge < -0.3 is 89.1 Å². The lowest BCUT2D eigenvalue weighted by Crippen LogP contribution is -2.69. The molecule has 3 fully saturated rings. The molecule has 104 heavy (non-hydrogen) atoms. The van der Waals surface area contributed by atoms with Crippen LogP contribution in [0.2, 0.25) is 0 Å². The Morgan fingerprint density at radius 1 is 0.365 bits per heavy atom. The molecule has 25 heteroatoms. The van der Waals surface area contributed by atoms with Gasteiger partial charge in [-0.1, -0.05) is 310 Å². The molecule has 0 radical (unpaired) electrons. The molecular weight excluding hydrogens is 1360 g/mol. The monoisotopic (exact) mass is 1510 g/mol. The Morgan fingerprint density at radius 2 is 0.673 bits per heavy atom. The SMILES string of the molecule is CCCCCCCCCCCCCCCCCCCC(=O)OC(COC(=O)CCCCCCCCC(C)CCCCCCCC)COP(=O)(O)OC1C(OC2OC(CO)C(O)C(O)C2O)C(O)C(O)C(O)C1OC1OC(COC(=O)CCCCCCCCCCCCCCCCCC)C(O)C(O)C1O. The molecule has 0 aromatic heterocycles. The van der Waals surface area contributed by atoms with E-state index >= 15 is 0 Å². The smallest absolute Gasteiger partial charge is 0.463 e. The number of hydrogen-bond donors (Lipinski definition) is 11. The number of carbonyl (C=O) groups is 3. The summed E-state index contributed by atoms with van der Waals surface area (Å²) in [6.45, 7) is 5.85. The minimum absolute atomic E-state index is 0.0335. The molecule has 0 amide bonds. The number of carbonyl (C=O) groups excluding carboxylic acids is 3. The minimum Gasteiger partial charge on any atom is -0.463 e. The second-order valence-electron chi connectivity index (χ2n) is 30.5. The maximum absolute atomic E-state index is 14.4. The van der Waals surface area contributed by atoms with Gasteiger partial charge in [-0.05, 0) is 25.2 Å². The summed E-state index contributed by atoms with van der Waals surface area (Å²) in [4.78, 5) is 51.3. The van der Waals surface area contributed by atoms with Crippen LogP contribution >= 0.6 is 7.82 Å². The van der Waals surface area contributed by atoms with Gasteiger partial charge in [-0.3, -0.25) is 23.4 Å². The lowest BCUT2D eigenvalue weighted by Gasteiger charge is -2.49. The largest absolute Gasteiger partial charge is 0.472 e. The minimum atomic E-state index is -5.70. The molecule has 1 saturated carbocycles. The van der Waals surface area contributed by atoms with Gasteiger partial charge >= 0.3 is 25.7 Å². The second kappa shape index (κ2) is 59.7. The van der Waals surface area contributed by atoms with Crippen LogP contribution in [0, 0.1) is 5.92 Å². The molecule has 2 heterocycles. The van der Waals surface area contributed by atoms with Crippen LogP contribution in [-0.4, -0.2) is 204 Å². The van der Waals surface area contributed by atoms with Crippen LogP contribution in [0.15, 0.2) is 0 Å². The number of rotatable bonds is 66. The first-order chi connectivity index (χ1) is 50.2. The molecule has 1 aliphatic carbocycles. The molecule has 19 unspecified atom stereocenters. The lowest BCUT2D eigenvalue weighted by atomic mass is 9.84. The molecule has 2 saturated heterocycles. The molecule has 0 aromatic rings. The molecule has 0 bridgehead atoms. The highest BCUT2D eigenvalue weighted by Crippen LogP contribution is 2.49. The quantitative estimate of drug-likeness (QED) is 0.0117. The molecule has 0 spiro atoms. The van der Waals surface area contributed by atoms with E-state index in [1.165, 1.54) is 186 Å². The van der Waals surface area contributed by atoms with E-state index in [-0.39, 0.29) is 19.3 Å². The van der Waals surface area contributed by atoms with Crippen molar-refractivity contribution in [1.29, 1.82) is 0 Å². The summed E-state index contributed by atoms with van der Waals surface area (Å²) in [5.74, 6) is -1.27. The van der Waals surface area contributed by atoms with E-state index in [0.29, 0.717) is 25.2 Å². The van der Waals surface area contributed by atoms with Gasteiger partial charge in [-0.15, -0.1) is 0 Å². The fourth-order valence-corrected chi connectivity index (χ4v) is 15.1. The lowest BCUT2D eigenvalue weighted by molar-refractivity contribution is -0.360. The van der Waals surface area contributed by atoms with Crippen molar-refractivity contribution in [3.63, 3.8) is 0 Å². The Kier molecular flexibility index (Phi) is 55.2. The highest BCUT2D eigenvalue weighted by molar-refractivity contribution is 7.47. The van der Waals surface area contributed by atoms with E-state index < -0.39 is 156 Å². The van der Waals surface area contributed by atoms with E-state index in [9.17, 15) is 74.9 Å². The van der Waals surface area contributed by atoms with Gasteiger partial charge in [0.15, 0.2) is 18.7 Å². The van der Waals surface area contributed by atoms with Crippen molar-refractivity contribution >= 4 is 25.7 Å². The van der Waals surface area contributed by atoms with Crippen LogP contribution < -0.4 is 0 Å². The topological polar surface area (TPSA) is 374 Å². The van der Waals surface area contributed by atoms with Gasteiger partial charge in [0.05, 0.1) is 13.2 Å². The summed E-state index contributed by atoms with van der Waals surface area (Å²) in [7, 11) is -5.70. The van der Waals surface area contributed by atoms with Crippen LogP contribution in [0.3, 0.4) is 0 Å². The highest BCUT2D eigenvalue weighted by atomic mass is 31.2. The molecule has 3 aliphatic rings. The molecule has 24 nitrogen and oxygen atoms in total. The number of esters is 3. The third kappa shape index (κ3) is 41.8. The molecule has 3 rings (SSSR count). The Hall–Kier alpha value is -2.04. The highest BCUT2D eigenvalue weighted by Gasteiger charge is 2.58. The first-order valence-corrected chi connectivity index (χ1v) is 43.2. The Balaban J connectivity index is 1.70. The summed E-state index contributed by atoms with van der Waals surface area (Å²) >= 11 is 0. The number of phosphoric acid groups is 1. The second-order valence-corrected chi connectivity index (χ2v) is 31.9. The van der Waals surface area contributed by atoms with Gasteiger partial charge in [0, 0.05) is 19.3 Å². The van der Waals surface area contributed by atoms with E-state index in [1.54, 1.807) is 0 Å². The van der Waals surface area contributed by atoms with Crippen LogP contribution in [0.1, 0.15) is 349 Å². The van der Waals surface area contributed by atoms with E-state index in [4.69, 9.17) is 42.2 Å². The van der Waals surface area contributed by atoms with Crippen LogP contribution in [-0.2, 0) is 61.2 Å². The third-order valence-electron chi connectivity index (χ3n) is 21.0. The molecule has 2 aliphatic heterocycles. The molecule has 614 valence electrons. The van der Waals surface area contributed by atoms with Crippen LogP contribution in [0.25, 0.3) is 0 Å². The Bertz CT molecular complexity index is 2150. The number of aliphatic hydroxyl groups excluding tert-OH is 10. The number of unbranched alkanes of at least 4 members (excludes halogenated alkanes) is 41. The van der Waals surface area contributed by atoms with Crippen molar-refractivity contribution in [2.75, 3.05) is 26.4 Å². The number of aliphatic hydroxyl groups is 10. The van der Waals surface area contributed by atoms with Crippen molar-refractivity contribution in [3.8, 4) is 0 Å². The molecule has 0 aromatic carbocycles. The van der Waals surface area contributed by atoms with Gasteiger partial charge in [0.25, 0.3) is 0 Å². The Labute approximate surface area is 625 Å². The van der Waals surface area contributed by atoms with Crippen LogP contribution in [0.4, 0.5) is 0 Å². The van der Waals surface area contributed by atoms with E-state index in [0.717, 1.165) is 96.3 Å². The normalized spacial score (nSPS) is 27.0. The van der Waals surface area contributed by atoms with Gasteiger partial charge in [-0.2, -0.15) is 0 Å². The summed E-state index contributed by atoms with van der Waals surface area (Å²) in [6.07, 6.45) is 18.5. The average molecular weight is 1510 g/mol. The molecule has 19 atom stereocenters. The van der Waals surface area contributed by atoms with Gasteiger partial charge in [-0.25, -0.2) is 4.57 Å². The third-order valence-corrected chi connectivity index (χ3v) is 22.0. The van der Waals surface area contributed by atoms with Gasteiger partial charge in [0.1, 0.15) is 98.7 Å². The van der Waals surface area contributed by atoms with Crippen molar-refractivity contribution in [1.82, 2.24) is 0 Å². The predicted molar refractivity (Wildman–Crippen MR) is 398 cm³/mol. The maximum Gasteiger partial charge on any atom is 0.472 e. The average Bonchev–Trinajstić information content (AvgIpc) is 0.761. The first-order valence-electron chi connectivity index (χ1n) is 41.7. The number of hydrogen-bond acceptors (Lipinski definition) is 23. The predicted octanol–water partition coefficient (Wildman–Crippen LogP) is 13.2. The molecule has 11 N–H and O–H groups in total. The van der Waals surface area contributed by atoms with Crippen molar-refractivity contribution in [2.45, 2.75) is 453 Å². The fourth-order valence-electron chi connectivity index (χ4n) is 14.2. The van der Waals surface area contributed by atoms with E-state index in [1.807, 2.05) is 0 Å². The summed E-state index contributed by atoms with van der Waals surface area (Å²) < 4.78 is 65.3. The van der Waals surface area contributed by atoms with Crippen LogP contribution in [0.5, 0.6) is 0 Å². The summed E-state index contributed by atoms with van der Waals surface area (Å²) in [5, 5.41) is 110. The zero-order chi connectivity index (χ0) is 76.2. The number of ether oxygens (including phenoxy) is 7. The van der Waals surface area contributed by atoms with Crippen molar-refractivity contribution in [3.05, 3.63) is 0 Å². The zero-order valence-corrected chi connectivity index (χ0v) is 65.6. The summed E-state index contributed by atoms with van der Waals surface area (Å²) in [5.41, 5.74) is 0. The van der Waals surface area contributed by atoms with Crippen molar-refractivity contribution < 1.29 is 117 Å².